The van der Waals surface area contributed by atoms with E-state index in [0.29, 0.717) is 20.7 Å². The first kappa shape index (κ1) is 19.3. The molecule has 0 aliphatic heterocycles. The minimum Gasteiger partial charge on any atom is -0.341 e. The summed E-state index contributed by atoms with van der Waals surface area (Å²) in [5.74, 6) is -0.836. The normalized spacial score (nSPS) is 11.7. The van der Waals surface area contributed by atoms with Crippen LogP contribution >= 0.6 is 34.5 Å². The van der Waals surface area contributed by atoms with Crippen LogP contribution in [-0.4, -0.2) is 28.1 Å². The van der Waals surface area contributed by atoms with Crippen molar-refractivity contribution in [2.75, 3.05) is 5.32 Å². The van der Waals surface area contributed by atoms with E-state index in [4.69, 9.17) is 23.2 Å². The molecule has 2 N–H and O–H groups in total. The molecule has 0 spiro atoms. The van der Waals surface area contributed by atoms with Crippen LogP contribution in [0.3, 0.4) is 0 Å². The Balaban J connectivity index is 1.61. The van der Waals surface area contributed by atoms with Crippen molar-refractivity contribution >= 4 is 51.5 Å². The van der Waals surface area contributed by atoms with Gasteiger partial charge in [0, 0.05) is 11.1 Å². The zero-order valence-electron chi connectivity index (χ0n) is 14.1. The number of amides is 2. The second kappa shape index (κ2) is 8.47. The number of nitrogens with zero attached hydrogens (tertiary/aromatic N) is 2. The van der Waals surface area contributed by atoms with Gasteiger partial charge < -0.3 is 5.32 Å². The van der Waals surface area contributed by atoms with Gasteiger partial charge in [0.1, 0.15) is 11.0 Å². The smallest absolute Gasteiger partial charge is 0.251 e. The number of aromatic nitrogens is 2. The van der Waals surface area contributed by atoms with Crippen molar-refractivity contribution < 1.29 is 9.59 Å². The quantitative estimate of drug-likeness (QED) is 0.645. The Kier molecular flexibility index (Phi) is 6.05. The van der Waals surface area contributed by atoms with Crippen molar-refractivity contribution in [2.45, 2.75) is 13.0 Å². The molecular formula is C18H14Cl2N4O2S. The van der Waals surface area contributed by atoms with E-state index in [1.165, 1.54) is 29.5 Å². The van der Waals surface area contributed by atoms with E-state index in [1.54, 1.807) is 6.92 Å². The number of benzene rings is 2. The third-order valence-corrected chi connectivity index (χ3v) is 5.23. The SMILES string of the molecule is CC(NC(=O)c1ccc(Cl)c(Cl)c1)C(=O)Nc1nnc(-c2ccccc2)s1. The third-order valence-electron chi connectivity index (χ3n) is 3.60. The number of hydrogen-bond donors (Lipinski definition) is 2. The van der Waals surface area contributed by atoms with Crippen molar-refractivity contribution in [1.82, 2.24) is 15.5 Å². The highest BCUT2D eigenvalue weighted by molar-refractivity contribution is 7.18. The van der Waals surface area contributed by atoms with E-state index in [0.717, 1.165) is 5.56 Å². The van der Waals surface area contributed by atoms with E-state index in [9.17, 15) is 9.59 Å². The maximum Gasteiger partial charge on any atom is 0.251 e. The molecule has 27 heavy (non-hydrogen) atoms. The van der Waals surface area contributed by atoms with Crippen molar-refractivity contribution in [1.29, 1.82) is 0 Å². The first-order chi connectivity index (χ1) is 12.9. The van der Waals surface area contributed by atoms with Crippen molar-refractivity contribution in [3.63, 3.8) is 0 Å². The van der Waals surface area contributed by atoms with Crippen LogP contribution in [0.15, 0.2) is 48.5 Å². The monoisotopic (exact) mass is 420 g/mol. The molecule has 9 heteroatoms. The minimum atomic E-state index is -0.781. The molecular weight excluding hydrogens is 407 g/mol. The lowest BCUT2D eigenvalue weighted by molar-refractivity contribution is -0.117. The number of hydrogen-bond acceptors (Lipinski definition) is 5. The van der Waals surface area contributed by atoms with Gasteiger partial charge in [-0.05, 0) is 25.1 Å². The fourth-order valence-corrected chi connectivity index (χ4v) is 3.22. The summed E-state index contributed by atoms with van der Waals surface area (Å²) < 4.78 is 0. The summed E-state index contributed by atoms with van der Waals surface area (Å²) in [4.78, 5) is 24.6. The van der Waals surface area contributed by atoms with Gasteiger partial charge in [0.15, 0.2) is 0 Å². The van der Waals surface area contributed by atoms with E-state index in [2.05, 4.69) is 20.8 Å². The zero-order valence-corrected chi connectivity index (χ0v) is 16.4. The summed E-state index contributed by atoms with van der Waals surface area (Å²) in [6, 6.07) is 13.2. The molecule has 0 aliphatic carbocycles. The van der Waals surface area contributed by atoms with Crippen LogP contribution in [0.1, 0.15) is 17.3 Å². The number of nitrogens with one attached hydrogen (secondary N) is 2. The Morgan fingerprint density at radius 2 is 1.78 bits per heavy atom. The summed E-state index contributed by atoms with van der Waals surface area (Å²) in [7, 11) is 0. The van der Waals surface area contributed by atoms with Crippen LogP contribution in [0.4, 0.5) is 5.13 Å². The van der Waals surface area contributed by atoms with E-state index in [-0.39, 0.29) is 5.02 Å². The molecule has 3 aromatic rings. The third kappa shape index (κ3) is 4.82. The molecule has 1 heterocycles. The van der Waals surface area contributed by atoms with E-state index in [1.807, 2.05) is 30.3 Å². The highest BCUT2D eigenvalue weighted by atomic mass is 35.5. The van der Waals surface area contributed by atoms with Crippen LogP contribution in [0.25, 0.3) is 10.6 Å². The van der Waals surface area contributed by atoms with E-state index >= 15 is 0 Å². The van der Waals surface area contributed by atoms with Crippen LogP contribution in [0.5, 0.6) is 0 Å². The largest absolute Gasteiger partial charge is 0.341 e. The predicted molar refractivity (Wildman–Crippen MR) is 107 cm³/mol. The number of carbonyl (C=O) groups excluding carboxylic acids is 2. The second-order valence-corrected chi connectivity index (χ2v) is 7.38. The Morgan fingerprint density at radius 3 is 2.48 bits per heavy atom. The molecule has 0 saturated heterocycles. The molecule has 0 saturated carbocycles. The Labute approximate surface area is 169 Å². The van der Waals surface area contributed by atoms with E-state index < -0.39 is 17.9 Å². The van der Waals surface area contributed by atoms with Crippen LogP contribution in [-0.2, 0) is 4.79 Å². The number of anilines is 1. The fourth-order valence-electron chi connectivity index (χ4n) is 2.17. The molecule has 1 unspecified atom stereocenters. The Morgan fingerprint density at radius 1 is 1.04 bits per heavy atom. The second-order valence-electron chi connectivity index (χ2n) is 5.59. The van der Waals surface area contributed by atoms with Gasteiger partial charge in [-0.2, -0.15) is 0 Å². The van der Waals surface area contributed by atoms with Gasteiger partial charge in [-0.15, -0.1) is 10.2 Å². The molecule has 1 aromatic heterocycles. The van der Waals surface area contributed by atoms with Gasteiger partial charge in [-0.1, -0.05) is 64.9 Å². The number of carbonyl (C=O) groups is 2. The molecule has 2 aromatic carbocycles. The molecule has 0 aliphatic rings. The van der Waals surface area contributed by atoms with Crippen molar-refractivity contribution in [3.8, 4) is 10.6 Å². The molecule has 0 fully saturated rings. The summed E-state index contributed by atoms with van der Waals surface area (Å²) in [5.41, 5.74) is 1.22. The van der Waals surface area contributed by atoms with Gasteiger partial charge in [0.25, 0.3) is 5.91 Å². The maximum atomic E-state index is 12.3. The lowest BCUT2D eigenvalue weighted by Gasteiger charge is -2.13. The predicted octanol–water partition coefficient (Wildman–Crippen LogP) is 4.27. The molecule has 1 atom stereocenters. The standard InChI is InChI=1S/C18H14Cl2N4O2S/c1-10(21-16(26)12-7-8-13(19)14(20)9-12)15(25)22-18-24-23-17(27-18)11-5-3-2-4-6-11/h2-10H,1H3,(H,21,26)(H,22,24,25). The molecule has 6 nitrogen and oxygen atoms in total. The maximum absolute atomic E-state index is 12.3. The van der Waals surface area contributed by atoms with Gasteiger partial charge in [0.05, 0.1) is 10.0 Å². The van der Waals surface area contributed by atoms with Gasteiger partial charge in [-0.25, -0.2) is 0 Å². The van der Waals surface area contributed by atoms with Crippen molar-refractivity contribution in [3.05, 3.63) is 64.1 Å². The molecule has 138 valence electrons. The first-order valence-corrected chi connectivity index (χ1v) is 9.47. The molecule has 0 radical (unpaired) electrons. The van der Waals surface area contributed by atoms with Gasteiger partial charge >= 0.3 is 0 Å². The molecule has 0 bridgehead atoms. The first-order valence-electron chi connectivity index (χ1n) is 7.90. The minimum absolute atomic E-state index is 0.267. The van der Waals surface area contributed by atoms with Crippen molar-refractivity contribution in [2.24, 2.45) is 0 Å². The zero-order chi connectivity index (χ0) is 19.4. The fraction of sp³-hybridized carbons (Fsp3) is 0.111. The van der Waals surface area contributed by atoms with Crippen LogP contribution in [0.2, 0.25) is 10.0 Å². The topological polar surface area (TPSA) is 84.0 Å². The summed E-state index contributed by atoms with van der Waals surface area (Å²) in [6.45, 7) is 1.57. The van der Waals surface area contributed by atoms with Gasteiger partial charge in [-0.3, -0.25) is 14.9 Å². The number of halogens is 2. The summed E-state index contributed by atoms with van der Waals surface area (Å²) >= 11 is 13.0. The average molecular weight is 421 g/mol. The highest BCUT2D eigenvalue weighted by Crippen LogP contribution is 2.26. The lowest BCUT2D eigenvalue weighted by atomic mass is 10.2. The highest BCUT2D eigenvalue weighted by Gasteiger charge is 2.19. The van der Waals surface area contributed by atoms with Crippen LogP contribution in [0, 0.1) is 0 Å². The molecule has 2 amide bonds. The van der Waals surface area contributed by atoms with Crippen LogP contribution < -0.4 is 10.6 Å². The Hall–Kier alpha value is -2.48. The summed E-state index contributed by atoms with van der Waals surface area (Å²) in [6.07, 6.45) is 0. The summed E-state index contributed by atoms with van der Waals surface area (Å²) in [5, 5.41) is 15.0. The van der Waals surface area contributed by atoms with Gasteiger partial charge in [0.2, 0.25) is 11.0 Å². The lowest BCUT2D eigenvalue weighted by Crippen LogP contribution is -2.41. The number of rotatable bonds is 5. The molecule has 3 rings (SSSR count). The Bertz CT molecular complexity index is 979. The average Bonchev–Trinajstić information content (AvgIpc) is 3.13.